The minimum absolute atomic E-state index is 0.246. The smallest absolute Gasteiger partial charge is 0.347 e. The first kappa shape index (κ1) is 13.0. The molecule has 98 valence electrons. The molecule has 5 nitrogen and oxygen atoms in total. The molecule has 2 aromatic rings. The van der Waals surface area contributed by atoms with Crippen molar-refractivity contribution >= 4 is 5.97 Å². The molecule has 0 atom stereocenters. The zero-order valence-corrected chi connectivity index (χ0v) is 10.8. The zero-order chi connectivity index (χ0) is 14.0. The zero-order valence-electron chi connectivity index (χ0n) is 10.8. The largest absolute Gasteiger partial charge is 0.478 e. The first-order valence-electron chi connectivity index (χ1n) is 5.83. The van der Waals surface area contributed by atoms with Crippen molar-refractivity contribution in [3.8, 4) is 0 Å². The van der Waals surface area contributed by atoms with Gasteiger partial charge in [0.15, 0.2) is 0 Å². The van der Waals surface area contributed by atoms with Crippen molar-refractivity contribution < 1.29 is 9.90 Å². The summed E-state index contributed by atoms with van der Waals surface area (Å²) in [5.74, 6) is -0.955. The van der Waals surface area contributed by atoms with Crippen LogP contribution >= 0.6 is 0 Å². The number of aromatic carboxylic acids is 1. The Morgan fingerprint density at radius 2 is 2.11 bits per heavy atom. The second-order valence-electron chi connectivity index (χ2n) is 4.49. The number of benzene rings is 1. The van der Waals surface area contributed by atoms with Gasteiger partial charge in [-0.1, -0.05) is 6.07 Å². The maximum atomic E-state index is 11.6. The molecule has 0 spiro atoms. The normalized spacial score (nSPS) is 10.4. The first-order chi connectivity index (χ1) is 8.97. The van der Waals surface area contributed by atoms with Gasteiger partial charge in [-0.15, -0.1) is 0 Å². The second-order valence-corrected chi connectivity index (χ2v) is 4.49. The van der Waals surface area contributed by atoms with Crippen LogP contribution in [0.2, 0.25) is 0 Å². The van der Waals surface area contributed by atoms with E-state index in [-0.39, 0.29) is 11.3 Å². The van der Waals surface area contributed by atoms with Gasteiger partial charge in [0.05, 0.1) is 12.1 Å². The molecular formula is C14H14N2O3. The number of carbonyl (C=O) groups is 1. The average Bonchev–Trinajstić information content (AvgIpc) is 2.36. The lowest BCUT2D eigenvalue weighted by molar-refractivity contribution is 0.0697. The summed E-state index contributed by atoms with van der Waals surface area (Å²) in [6, 6.07) is 4.87. The van der Waals surface area contributed by atoms with Gasteiger partial charge in [-0.05, 0) is 42.7 Å². The van der Waals surface area contributed by atoms with E-state index in [1.807, 2.05) is 13.8 Å². The lowest BCUT2D eigenvalue weighted by Crippen LogP contribution is -2.23. The van der Waals surface area contributed by atoms with E-state index >= 15 is 0 Å². The highest BCUT2D eigenvalue weighted by Gasteiger charge is 2.07. The van der Waals surface area contributed by atoms with Gasteiger partial charge in [0.1, 0.15) is 0 Å². The standard InChI is InChI=1S/C14H14N2O3/c1-9-6-15-14(19)16(7-9)8-12-4-3-11(13(17)18)5-10(12)2/h3-7H,8H2,1-2H3,(H,17,18). The number of hydrogen-bond donors (Lipinski definition) is 1. The highest BCUT2D eigenvalue weighted by atomic mass is 16.4. The molecule has 1 aromatic carbocycles. The summed E-state index contributed by atoms with van der Waals surface area (Å²) < 4.78 is 1.51. The topological polar surface area (TPSA) is 72.2 Å². The van der Waals surface area contributed by atoms with Crippen LogP contribution in [-0.2, 0) is 6.54 Å². The maximum Gasteiger partial charge on any atom is 0.347 e. The molecule has 0 aliphatic heterocycles. The highest BCUT2D eigenvalue weighted by Crippen LogP contribution is 2.12. The third-order valence-electron chi connectivity index (χ3n) is 2.91. The second kappa shape index (κ2) is 5.06. The molecule has 0 aliphatic carbocycles. The molecule has 1 aromatic heterocycles. The van der Waals surface area contributed by atoms with Crippen molar-refractivity contribution in [3.05, 3.63) is 63.3 Å². The molecule has 0 aliphatic rings. The Kier molecular flexibility index (Phi) is 3.46. The van der Waals surface area contributed by atoms with E-state index in [2.05, 4.69) is 4.98 Å². The van der Waals surface area contributed by atoms with Crippen LogP contribution in [0.3, 0.4) is 0 Å². The molecular weight excluding hydrogens is 244 g/mol. The van der Waals surface area contributed by atoms with E-state index in [1.54, 1.807) is 24.4 Å². The molecule has 1 N–H and O–H groups in total. The number of nitrogens with zero attached hydrogens (tertiary/aromatic N) is 2. The van der Waals surface area contributed by atoms with Crippen LogP contribution in [0.25, 0.3) is 0 Å². The predicted octanol–water partition coefficient (Wildman–Crippen LogP) is 1.61. The Labute approximate surface area is 110 Å². The molecule has 0 unspecified atom stereocenters. The fourth-order valence-electron chi connectivity index (χ4n) is 1.87. The SMILES string of the molecule is Cc1cnc(=O)n(Cc2ccc(C(=O)O)cc2C)c1. The van der Waals surface area contributed by atoms with Crippen LogP contribution < -0.4 is 5.69 Å². The summed E-state index contributed by atoms with van der Waals surface area (Å²) in [6.07, 6.45) is 3.26. The number of carboxylic acid groups (broad SMARTS) is 1. The predicted molar refractivity (Wildman–Crippen MR) is 70.5 cm³/mol. The quantitative estimate of drug-likeness (QED) is 0.907. The summed E-state index contributed by atoms with van der Waals surface area (Å²) in [7, 11) is 0. The summed E-state index contributed by atoms with van der Waals surface area (Å²) in [4.78, 5) is 26.2. The van der Waals surface area contributed by atoms with Crippen LogP contribution in [-0.4, -0.2) is 20.6 Å². The lowest BCUT2D eigenvalue weighted by atomic mass is 10.1. The van der Waals surface area contributed by atoms with E-state index in [0.29, 0.717) is 6.54 Å². The van der Waals surface area contributed by atoms with Crippen molar-refractivity contribution in [1.82, 2.24) is 9.55 Å². The van der Waals surface area contributed by atoms with Crippen molar-refractivity contribution in [2.24, 2.45) is 0 Å². The summed E-state index contributed by atoms with van der Waals surface area (Å²) >= 11 is 0. The molecule has 2 rings (SSSR count). The molecule has 0 bridgehead atoms. The van der Waals surface area contributed by atoms with E-state index in [9.17, 15) is 9.59 Å². The summed E-state index contributed by atoms with van der Waals surface area (Å²) in [5, 5.41) is 8.91. The van der Waals surface area contributed by atoms with E-state index in [4.69, 9.17) is 5.11 Å². The van der Waals surface area contributed by atoms with Crippen LogP contribution in [0.4, 0.5) is 0 Å². The molecule has 0 saturated carbocycles. The molecule has 1 heterocycles. The van der Waals surface area contributed by atoms with Gasteiger partial charge in [0.2, 0.25) is 0 Å². The third-order valence-corrected chi connectivity index (χ3v) is 2.91. The fraction of sp³-hybridized carbons (Fsp3) is 0.214. The monoisotopic (exact) mass is 258 g/mol. The number of rotatable bonds is 3. The Hall–Kier alpha value is -2.43. The Morgan fingerprint density at radius 3 is 2.74 bits per heavy atom. The lowest BCUT2D eigenvalue weighted by Gasteiger charge is -2.09. The Morgan fingerprint density at radius 1 is 1.37 bits per heavy atom. The Bertz CT molecular complexity index is 689. The molecule has 0 saturated heterocycles. The van der Waals surface area contributed by atoms with Crippen LogP contribution in [0, 0.1) is 13.8 Å². The number of aromatic nitrogens is 2. The van der Waals surface area contributed by atoms with Crippen molar-refractivity contribution in [3.63, 3.8) is 0 Å². The third kappa shape index (κ3) is 2.88. The van der Waals surface area contributed by atoms with Crippen LogP contribution in [0.5, 0.6) is 0 Å². The number of aryl methyl sites for hydroxylation is 2. The Balaban J connectivity index is 2.36. The highest BCUT2D eigenvalue weighted by molar-refractivity contribution is 5.87. The van der Waals surface area contributed by atoms with Gasteiger partial charge in [-0.25, -0.2) is 14.6 Å². The first-order valence-corrected chi connectivity index (χ1v) is 5.83. The fourth-order valence-corrected chi connectivity index (χ4v) is 1.87. The molecule has 0 radical (unpaired) electrons. The van der Waals surface area contributed by atoms with Gasteiger partial charge in [0, 0.05) is 12.4 Å². The maximum absolute atomic E-state index is 11.6. The summed E-state index contributed by atoms with van der Waals surface area (Å²) in [6.45, 7) is 4.08. The van der Waals surface area contributed by atoms with E-state index in [1.165, 1.54) is 10.8 Å². The van der Waals surface area contributed by atoms with Crippen molar-refractivity contribution in [2.45, 2.75) is 20.4 Å². The molecule has 5 heteroatoms. The minimum atomic E-state index is -0.955. The summed E-state index contributed by atoms with van der Waals surface area (Å²) in [5.41, 5.74) is 2.58. The van der Waals surface area contributed by atoms with Gasteiger partial charge < -0.3 is 5.11 Å². The van der Waals surface area contributed by atoms with Crippen molar-refractivity contribution in [1.29, 1.82) is 0 Å². The van der Waals surface area contributed by atoms with Crippen LogP contribution in [0.15, 0.2) is 35.4 Å². The van der Waals surface area contributed by atoms with Gasteiger partial charge in [-0.2, -0.15) is 0 Å². The molecule has 0 amide bonds. The minimum Gasteiger partial charge on any atom is -0.478 e. The average molecular weight is 258 g/mol. The van der Waals surface area contributed by atoms with E-state index < -0.39 is 5.97 Å². The van der Waals surface area contributed by atoms with E-state index in [0.717, 1.165) is 16.7 Å². The van der Waals surface area contributed by atoms with Crippen LogP contribution in [0.1, 0.15) is 27.0 Å². The number of hydrogen-bond acceptors (Lipinski definition) is 3. The molecule has 0 fully saturated rings. The van der Waals surface area contributed by atoms with Gasteiger partial charge in [-0.3, -0.25) is 4.57 Å². The van der Waals surface area contributed by atoms with Gasteiger partial charge >= 0.3 is 11.7 Å². The molecule has 19 heavy (non-hydrogen) atoms. The van der Waals surface area contributed by atoms with Crippen molar-refractivity contribution in [2.75, 3.05) is 0 Å². The number of carboxylic acids is 1. The van der Waals surface area contributed by atoms with Gasteiger partial charge in [0.25, 0.3) is 0 Å².